The second-order valence-electron chi connectivity index (χ2n) is 8.55. The highest BCUT2D eigenvalue weighted by molar-refractivity contribution is 6.39. The summed E-state index contributed by atoms with van der Waals surface area (Å²) in [6.45, 7) is 5.74. The summed E-state index contributed by atoms with van der Waals surface area (Å²) in [6, 6.07) is 20.2. The molecule has 3 aromatic carbocycles. The number of aryl methyl sites for hydroxylation is 2. The molecule has 1 fully saturated rings. The Labute approximate surface area is 207 Å². The van der Waals surface area contributed by atoms with Crippen molar-refractivity contribution in [3.8, 4) is 5.69 Å². The lowest BCUT2D eigenvalue weighted by molar-refractivity contribution is -0.122. The lowest BCUT2D eigenvalue weighted by atomic mass is 10.1. The maximum Gasteiger partial charge on any atom is 0.335 e. The number of nitrogens with one attached hydrogen (secondary N) is 1. The van der Waals surface area contributed by atoms with Gasteiger partial charge in [-0.25, -0.2) is 9.69 Å². The van der Waals surface area contributed by atoms with Gasteiger partial charge in [-0.15, -0.1) is 0 Å². The number of rotatable bonds is 3. The van der Waals surface area contributed by atoms with Gasteiger partial charge in [0.05, 0.1) is 11.4 Å². The van der Waals surface area contributed by atoms with Gasteiger partial charge in [0.1, 0.15) is 5.57 Å². The quantitative estimate of drug-likeness (QED) is 0.292. The number of nitrogens with zero attached hydrogens (tertiary/aromatic N) is 2. The van der Waals surface area contributed by atoms with Crippen molar-refractivity contribution < 1.29 is 14.4 Å². The molecule has 0 unspecified atom stereocenters. The number of hydrogen-bond donors (Lipinski definition) is 1. The third kappa shape index (κ3) is 3.82. The predicted molar refractivity (Wildman–Crippen MR) is 138 cm³/mol. The minimum absolute atomic E-state index is 0.125. The monoisotopic (exact) mass is 483 g/mol. The third-order valence-electron chi connectivity index (χ3n) is 6.29. The first kappa shape index (κ1) is 22.6. The number of aromatic nitrogens is 1. The lowest BCUT2D eigenvalue weighted by Gasteiger charge is -2.26. The average molecular weight is 484 g/mol. The minimum atomic E-state index is -0.807. The molecule has 2 heterocycles. The zero-order valence-corrected chi connectivity index (χ0v) is 20.2. The number of benzene rings is 3. The van der Waals surface area contributed by atoms with Gasteiger partial charge in [-0.3, -0.25) is 14.9 Å². The number of carbonyl (C=O) groups is 3. The van der Waals surface area contributed by atoms with Crippen molar-refractivity contribution in [2.24, 2.45) is 0 Å². The van der Waals surface area contributed by atoms with Crippen molar-refractivity contribution in [3.63, 3.8) is 0 Å². The molecule has 5 rings (SSSR count). The van der Waals surface area contributed by atoms with Crippen LogP contribution in [0.3, 0.4) is 0 Å². The molecule has 0 saturated carbocycles. The number of barbiturate groups is 1. The predicted octanol–water partition coefficient (Wildman–Crippen LogP) is 5.88. The molecule has 1 aliphatic rings. The first-order valence-corrected chi connectivity index (χ1v) is 11.5. The molecule has 1 N–H and O–H groups in total. The number of halogens is 1. The number of imide groups is 2. The van der Waals surface area contributed by atoms with Crippen LogP contribution in [0.4, 0.5) is 10.5 Å². The summed E-state index contributed by atoms with van der Waals surface area (Å²) in [5, 5.41) is 4.90. The summed E-state index contributed by atoms with van der Waals surface area (Å²) in [7, 11) is 0. The second kappa shape index (κ2) is 8.56. The van der Waals surface area contributed by atoms with E-state index in [0.717, 1.165) is 38.3 Å². The molecule has 1 aromatic heterocycles. The molecule has 1 aliphatic heterocycles. The molecule has 35 heavy (non-hydrogen) atoms. The Balaban J connectivity index is 1.60. The van der Waals surface area contributed by atoms with Crippen molar-refractivity contribution in [3.05, 3.63) is 99.8 Å². The van der Waals surface area contributed by atoms with Crippen molar-refractivity contribution >= 4 is 52.0 Å². The maximum absolute atomic E-state index is 13.3. The summed E-state index contributed by atoms with van der Waals surface area (Å²) >= 11 is 6.21. The van der Waals surface area contributed by atoms with Gasteiger partial charge in [-0.2, -0.15) is 0 Å². The van der Waals surface area contributed by atoms with Crippen molar-refractivity contribution in [1.82, 2.24) is 9.88 Å². The Morgan fingerprint density at radius 2 is 1.63 bits per heavy atom. The molecular formula is C28H22ClN3O3. The Morgan fingerprint density at radius 1 is 0.886 bits per heavy atom. The highest BCUT2D eigenvalue weighted by Gasteiger charge is 2.37. The lowest BCUT2D eigenvalue weighted by Crippen LogP contribution is -2.54. The van der Waals surface area contributed by atoms with E-state index < -0.39 is 17.8 Å². The average Bonchev–Trinajstić information content (AvgIpc) is 3.11. The number of fused-ring (bicyclic) bond motifs is 1. The number of amides is 4. The summed E-state index contributed by atoms with van der Waals surface area (Å²) in [5.41, 5.74) is 4.52. The van der Waals surface area contributed by atoms with Gasteiger partial charge in [-0.05, 0) is 67.6 Å². The van der Waals surface area contributed by atoms with Crippen LogP contribution in [0.25, 0.3) is 22.5 Å². The van der Waals surface area contributed by atoms with E-state index in [0.29, 0.717) is 16.3 Å². The number of hydrogen-bond acceptors (Lipinski definition) is 3. The van der Waals surface area contributed by atoms with Crippen LogP contribution < -0.4 is 10.2 Å². The molecule has 0 radical (unpaired) electrons. The zero-order valence-electron chi connectivity index (χ0n) is 19.4. The third-order valence-corrected chi connectivity index (χ3v) is 6.70. The molecule has 0 bridgehead atoms. The van der Waals surface area contributed by atoms with E-state index in [4.69, 9.17) is 11.6 Å². The van der Waals surface area contributed by atoms with Crippen LogP contribution in [0, 0.1) is 20.8 Å². The smallest absolute Gasteiger partial charge is 0.317 e. The molecule has 7 heteroatoms. The van der Waals surface area contributed by atoms with Gasteiger partial charge in [-0.1, -0.05) is 54.1 Å². The molecule has 4 amide bonds. The summed E-state index contributed by atoms with van der Waals surface area (Å²) in [5.74, 6) is -1.43. The number of anilines is 1. The molecule has 174 valence electrons. The van der Waals surface area contributed by atoms with E-state index in [1.54, 1.807) is 12.1 Å². The summed E-state index contributed by atoms with van der Waals surface area (Å²) < 4.78 is 2.10. The minimum Gasteiger partial charge on any atom is -0.317 e. The van der Waals surface area contributed by atoms with Crippen molar-refractivity contribution in [2.75, 3.05) is 4.90 Å². The second-order valence-corrected chi connectivity index (χ2v) is 8.96. The van der Waals surface area contributed by atoms with Crippen LogP contribution in [0.15, 0.2) is 72.3 Å². The Morgan fingerprint density at radius 3 is 2.40 bits per heavy atom. The fraction of sp³-hybridized carbons (Fsp3) is 0.107. The van der Waals surface area contributed by atoms with Crippen LogP contribution in [0.2, 0.25) is 5.02 Å². The first-order chi connectivity index (χ1) is 16.8. The van der Waals surface area contributed by atoms with Crippen LogP contribution >= 0.6 is 11.6 Å². The first-order valence-electron chi connectivity index (χ1n) is 11.1. The van der Waals surface area contributed by atoms with Crippen molar-refractivity contribution in [1.29, 1.82) is 0 Å². The molecule has 0 atom stereocenters. The Bertz CT molecular complexity index is 1580. The van der Waals surface area contributed by atoms with E-state index in [1.165, 1.54) is 12.1 Å². The van der Waals surface area contributed by atoms with Gasteiger partial charge >= 0.3 is 6.03 Å². The zero-order chi connectivity index (χ0) is 24.9. The van der Waals surface area contributed by atoms with Crippen LogP contribution in [-0.2, 0) is 9.59 Å². The van der Waals surface area contributed by atoms with Gasteiger partial charge in [0.15, 0.2) is 0 Å². The van der Waals surface area contributed by atoms with Crippen LogP contribution in [0.1, 0.15) is 22.5 Å². The summed E-state index contributed by atoms with van der Waals surface area (Å²) in [4.78, 5) is 39.5. The highest BCUT2D eigenvalue weighted by Crippen LogP contribution is 2.30. The van der Waals surface area contributed by atoms with Gasteiger partial charge in [0, 0.05) is 21.8 Å². The highest BCUT2D eigenvalue weighted by atomic mass is 35.5. The fourth-order valence-corrected chi connectivity index (χ4v) is 4.65. The summed E-state index contributed by atoms with van der Waals surface area (Å²) in [6.07, 6.45) is 1.54. The molecule has 4 aromatic rings. The van der Waals surface area contributed by atoms with Gasteiger partial charge in [0.2, 0.25) is 0 Å². The Hall–Kier alpha value is -4.16. The standard InChI is InChI=1S/C28H22ClN3O3/c1-16-11-12-21(15-24(16)29)32-27(34)23(26(33)30-28(32)35)14-20-13-17(2)31(18(20)3)25-10-6-8-19-7-4-5-9-22(19)25/h4-15H,1-3H3,(H,30,33,35). The van der Waals surface area contributed by atoms with Gasteiger partial charge in [0.25, 0.3) is 11.8 Å². The number of urea groups is 1. The van der Waals surface area contributed by atoms with E-state index >= 15 is 0 Å². The van der Waals surface area contributed by atoms with E-state index in [2.05, 4.69) is 28.1 Å². The molecular weight excluding hydrogens is 462 g/mol. The topological polar surface area (TPSA) is 71.4 Å². The Kier molecular flexibility index (Phi) is 5.53. The van der Waals surface area contributed by atoms with Crippen LogP contribution in [0.5, 0.6) is 0 Å². The largest absolute Gasteiger partial charge is 0.335 e. The maximum atomic E-state index is 13.3. The fourth-order valence-electron chi connectivity index (χ4n) is 4.48. The van der Waals surface area contributed by atoms with Crippen molar-refractivity contribution in [2.45, 2.75) is 20.8 Å². The molecule has 0 spiro atoms. The van der Waals surface area contributed by atoms with Crippen LogP contribution in [-0.4, -0.2) is 22.4 Å². The SMILES string of the molecule is Cc1ccc(N2C(=O)NC(=O)C(=Cc3cc(C)n(-c4cccc5ccccc45)c3C)C2=O)cc1Cl. The number of carbonyl (C=O) groups excluding carboxylic acids is 3. The van der Waals surface area contributed by atoms with E-state index in [9.17, 15) is 14.4 Å². The normalized spacial score (nSPS) is 15.3. The molecule has 1 saturated heterocycles. The van der Waals surface area contributed by atoms with E-state index in [-0.39, 0.29) is 5.57 Å². The van der Waals surface area contributed by atoms with Gasteiger partial charge < -0.3 is 4.57 Å². The molecule has 0 aliphatic carbocycles. The molecule has 6 nitrogen and oxygen atoms in total. The van der Waals surface area contributed by atoms with E-state index in [1.807, 2.05) is 51.1 Å².